The highest BCUT2D eigenvalue weighted by Gasteiger charge is 2.48. The Morgan fingerprint density at radius 2 is 2.03 bits per heavy atom. The minimum absolute atomic E-state index is 0.0307. The second-order valence-electron chi connectivity index (χ2n) is 7.16. The van der Waals surface area contributed by atoms with Gasteiger partial charge in [0.25, 0.3) is 0 Å². The zero-order chi connectivity index (χ0) is 22.9. The predicted molar refractivity (Wildman–Crippen MR) is 107 cm³/mol. The van der Waals surface area contributed by atoms with Crippen LogP contribution in [0.25, 0.3) is 15.8 Å². The lowest BCUT2D eigenvalue weighted by molar-refractivity contribution is -0.146. The molecule has 0 saturated carbocycles. The van der Waals surface area contributed by atoms with Crippen LogP contribution in [0.4, 0.5) is 13.2 Å². The molecule has 1 aliphatic rings. The molecular weight excluding hydrogens is 413 g/mol. The summed E-state index contributed by atoms with van der Waals surface area (Å²) in [5, 5.41) is 0.141. The molecule has 6 nitrogen and oxygen atoms in total. The Morgan fingerprint density at radius 1 is 1.32 bits per heavy atom. The van der Waals surface area contributed by atoms with Crippen molar-refractivity contribution in [3.63, 3.8) is 0 Å². The van der Waals surface area contributed by atoms with Gasteiger partial charge in [-0.25, -0.2) is 4.85 Å². The molecular formula is C22H19F3N2O4. The lowest BCUT2D eigenvalue weighted by Gasteiger charge is -2.31. The van der Waals surface area contributed by atoms with Crippen molar-refractivity contribution in [2.75, 3.05) is 6.61 Å². The molecule has 0 saturated heterocycles. The molecule has 2 unspecified atom stereocenters. The van der Waals surface area contributed by atoms with Crippen molar-refractivity contribution in [1.29, 1.82) is 0 Å². The van der Waals surface area contributed by atoms with E-state index >= 15 is 0 Å². The molecule has 0 N–H and O–H groups in total. The summed E-state index contributed by atoms with van der Waals surface area (Å²) in [6.07, 6.45) is -4.39. The Hall–Kier alpha value is -3.41. The quantitative estimate of drug-likeness (QED) is 0.508. The number of alkyl halides is 3. The lowest BCUT2D eigenvalue weighted by atomic mass is 9.78. The number of carbonyl (C=O) groups excluding carboxylic acids is 1. The number of aryl methyl sites for hydroxylation is 1. The monoisotopic (exact) mass is 432 g/mol. The fourth-order valence-electron chi connectivity index (χ4n) is 3.67. The van der Waals surface area contributed by atoms with Crippen LogP contribution in [-0.4, -0.2) is 24.5 Å². The summed E-state index contributed by atoms with van der Waals surface area (Å²) in [5.41, 5.74) is -2.46. The third-order valence-electron chi connectivity index (χ3n) is 4.94. The molecule has 2 aromatic rings. The van der Waals surface area contributed by atoms with Gasteiger partial charge < -0.3 is 9.15 Å². The van der Waals surface area contributed by atoms with Gasteiger partial charge in [0.05, 0.1) is 24.5 Å². The van der Waals surface area contributed by atoms with Gasteiger partial charge in [0, 0.05) is 17.7 Å². The van der Waals surface area contributed by atoms with E-state index in [1.807, 2.05) is 0 Å². The maximum absolute atomic E-state index is 13.7. The number of hydrogen-bond donors (Lipinski definition) is 0. The first-order chi connectivity index (χ1) is 14.6. The van der Waals surface area contributed by atoms with Gasteiger partial charge in [-0.1, -0.05) is 19.1 Å². The summed E-state index contributed by atoms with van der Waals surface area (Å²) in [7, 11) is 0. The second-order valence-corrected chi connectivity index (χ2v) is 7.16. The van der Waals surface area contributed by atoms with Gasteiger partial charge in [0.2, 0.25) is 5.70 Å². The molecule has 1 aromatic heterocycles. The van der Waals surface area contributed by atoms with Crippen LogP contribution in [0.5, 0.6) is 0 Å². The molecule has 31 heavy (non-hydrogen) atoms. The number of carbonyl (C=O) groups is 1. The molecule has 0 fully saturated rings. The number of ether oxygens (including phenoxy) is 1. The number of benzene rings is 1. The molecule has 1 aliphatic heterocycles. The maximum atomic E-state index is 13.7. The maximum Gasteiger partial charge on any atom is 0.423 e. The van der Waals surface area contributed by atoms with E-state index in [4.69, 9.17) is 15.7 Å². The van der Waals surface area contributed by atoms with Gasteiger partial charge >= 0.3 is 12.1 Å². The lowest BCUT2D eigenvalue weighted by Crippen LogP contribution is -2.36. The fraction of sp³-hybridized carbons (Fsp3) is 0.364. The number of esters is 1. The summed E-state index contributed by atoms with van der Waals surface area (Å²) in [4.78, 5) is 31.9. The number of fused-ring (bicyclic) bond motifs is 1. The number of aliphatic imine (C=N–C) groups is 1. The highest BCUT2D eigenvalue weighted by atomic mass is 19.4. The Bertz CT molecular complexity index is 1200. The summed E-state index contributed by atoms with van der Waals surface area (Å²) in [6, 6.07) is 5.67. The molecule has 1 aromatic carbocycles. The highest BCUT2D eigenvalue weighted by molar-refractivity contribution is 6.04. The number of halogens is 3. The van der Waals surface area contributed by atoms with Gasteiger partial charge in [-0.2, -0.15) is 13.2 Å². The molecule has 2 heterocycles. The number of rotatable bonds is 4. The van der Waals surface area contributed by atoms with E-state index in [-0.39, 0.29) is 40.0 Å². The van der Waals surface area contributed by atoms with Crippen LogP contribution in [0, 0.1) is 19.4 Å². The topological polar surface area (TPSA) is 73.2 Å². The largest absolute Gasteiger partial charge is 0.465 e. The molecule has 0 amide bonds. The van der Waals surface area contributed by atoms with Crippen molar-refractivity contribution in [1.82, 2.24) is 0 Å². The van der Waals surface area contributed by atoms with Crippen LogP contribution in [-0.2, 0) is 9.53 Å². The van der Waals surface area contributed by atoms with E-state index in [0.717, 1.165) is 0 Å². The Labute approximate surface area is 175 Å². The fourth-order valence-corrected chi connectivity index (χ4v) is 3.67. The van der Waals surface area contributed by atoms with Gasteiger partial charge in [0.15, 0.2) is 5.43 Å². The minimum Gasteiger partial charge on any atom is -0.465 e. The van der Waals surface area contributed by atoms with Crippen LogP contribution >= 0.6 is 0 Å². The summed E-state index contributed by atoms with van der Waals surface area (Å²) in [6.45, 7) is 12.1. The number of allylic oxidation sites excluding steroid dienone is 2. The van der Waals surface area contributed by atoms with Crippen molar-refractivity contribution >= 4 is 22.7 Å². The van der Waals surface area contributed by atoms with Crippen molar-refractivity contribution in [3.8, 4) is 0 Å². The minimum atomic E-state index is -4.90. The van der Waals surface area contributed by atoms with Crippen molar-refractivity contribution in [3.05, 3.63) is 68.6 Å². The Kier molecular flexibility index (Phi) is 6.02. The van der Waals surface area contributed by atoms with Crippen molar-refractivity contribution in [2.24, 2.45) is 10.9 Å². The molecule has 0 aliphatic carbocycles. The van der Waals surface area contributed by atoms with Crippen LogP contribution in [0.2, 0.25) is 0 Å². The number of nitrogens with zero attached hydrogens (tertiary/aromatic N) is 2. The first kappa shape index (κ1) is 22.3. The van der Waals surface area contributed by atoms with Crippen LogP contribution in [0.1, 0.15) is 37.5 Å². The van der Waals surface area contributed by atoms with Crippen molar-refractivity contribution in [2.45, 2.75) is 39.3 Å². The average molecular weight is 432 g/mol. The second kappa shape index (κ2) is 8.38. The summed E-state index contributed by atoms with van der Waals surface area (Å²) in [5.74, 6) is -3.18. The molecule has 0 radical (unpaired) electrons. The van der Waals surface area contributed by atoms with Crippen LogP contribution < -0.4 is 5.43 Å². The van der Waals surface area contributed by atoms with E-state index in [9.17, 15) is 22.8 Å². The SMILES string of the molecule is [C-]#[N+]C1=C(C(F)(F)F)N=C(C)C(C(=O)OCCC)C1c1cccc2c(=O)cc(C)oc12. The third kappa shape index (κ3) is 4.10. The normalized spacial score (nSPS) is 19.2. The van der Waals surface area contributed by atoms with E-state index in [1.54, 1.807) is 6.92 Å². The molecule has 9 heteroatoms. The van der Waals surface area contributed by atoms with E-state index in [0.29, 0.717) is 6.42 Å². The smallest absolute Gasteiger partial charge is 0.423 e. The van der Waals surface area contributed by atoms with Crippen LogP contribution in [0.15, 0.2) is 49.9 Å². The van der Waals surface area contributed by atoms with E-state index in [1.165, 1.54) is 38.1 Å². The zero-order valence-corrected chi connectivity index (χ0v) is 17.0. The predicted octanol–water partition coefficient (Wildman–Crippen LogP) is 4.92. The van der Waals surface area contributed by atoms with Gasteiger partial charge in [-0.05, 0) is 31.9 Å². The highest BCUT2D eigenvalue weighted by Crippen LogP contribution is 2.46. The average Bonchev–Trinajstić information content (AvgIpc) is 2.70. The molecule has 162 valence electrons. The zero-order valence-electron chi connectivity index (χ0n) is 17.0. The molecule has 0 spiro atoms. The Morgan fingerprint density at radius 3 is 2.65 bits per heavy atom. The van der Waals surface area contributed by atoms with E-state index < -0.39 is 35.4 Å². The van der Waals surface area contributed by atoms with Crippen LogP contribution in [0.3, 0.4) is 0 Å². The standard InChI is InChI=1S/C22H19F3N2O4/c1-5-9-30-21(29)16-12(3)27-20(22(23,24)25)18(26-4)17(16)14-8-6-7-13-15(28)10-11(2)31-19(13)14/h6-8,10,16-17H,5,9H2,1-3H3. The molecule has 3 rings (SSSR count). The number of para-hydroxylation sites is 1. The Balaban J connectivity index is 2.36. The van der Waals surface area contributed by atoms with Gasteiger partial charge in [-0.15, -0.1) is 0 Å². The van der Waals surface area contributed by atoms with Gasteiger partial charge in [0.1, 0.15) is 17.0 Å². The van der Waals surface area contributed by atoms with E-state index in [2.05, 4.69) is 9.84 Å². The van der Waals surface area contributed by atoms with Crippen molar-refractivity contribution < 1.29 is 27.1 Å². The molecule has 0 bridgehead atoms. The summed E-state index contributed by atoms with van der Waals surface area (Å²) >= 11 is 0. The first-order valence-electron chi connectivity index (χ1n) is 9.54. The number of hydrogen-bond acceptors (Lipinski definition) is 5. The molecule has 2 atom stereocenters. The third-order valence-corrected chi connectivity index (χ3v) is 4.94. The first-order valence-corrected chi connectivity index (χ1v) is 9.54. The summed E-state index contributed by atoms with van der Waals surface area (Å²) < 4.78 is 52.0. The van der Waals surface area contributed by atoms with Gasteiger partial charge in [-0.3, -0.25) is 14.6 Å².